The summed E-state index contributed by atoms with van der Waals surface area (Å²) >= 11 is 0. The third kappa shape index (κ3) is 1.90. The first-order chi connectivity index (χ1) is 8.74. The summed E-state index contributed by atoms with van der Waals surface area (Å²) in [6.07, 6.45) is 4.39. The summed E-state index contributed by atoms with van der Waals surface area (Å²) in [7, 11) is 0. The third-order valence-electron chi connectivity index (χ3n) is 2.96. The van der Waals surface area contributed by atoms with Gasteiger partial charge in [-0.15, -0.1) is 0 Å². The molecule has 0 bridgehead atoms. The number of rotatable bonds is 2. The fourth-order valence-electron chi connectivity index (χ4n) is 2.19. The van der Waals surface area contributed by atoms with Crippen molar-refractivity contribution < 1.29 is 9.14 Å². The number of pyridine rings is 2. The molecule has 0 atom stereocenters. The molecule has 2 heteroatoms. The average Bonchev–Trinajstić information content (AvgIpc) is 2.36. The summed E-state index contributed by atoms with van der Waals surface area (Å²) in [5.74, 6) is 0.953. The van der Waals surface area contributed by atoms with Crippen LogP contribution in [0.4, 0.5) is 0 Å². The van der Waals surface area contributed by atoms with Gasteiger partial charge in [0.1, 0.15) is 5.75 Å². The molecular formula is C16H16NO+. The van der Waals surface area contributed by atoms with E-state index in [9.17, 15) is 0 Å². The molecule has 2 heterocycles. The van der Waals surface area contributed by atoms with Crippen LogP contribution in [0.25, 0.3) is 16.3 Å². The van der Waals surface area contributed by atoms with Crippen LogP contribution in [0.15, 0.2) is 54.9 Å². The van der Waals surface area contributed by atoms with Gasteiger partial charge in [0.2, 0.25) is 5.52 Å². The maximum absolute atomic E-state index is 5.87. The van der Waals surface area contributed by atoms with E-state index in [0.29, 0.717) is 0 Å². The molecule has 2 nitrogen and oxygen atoms in total. The van der Waals surface area contributed by atoms with Gasteiger partial charge in [0.05, 0.1) is 6.10 Å². The number of fused-ring (bicyclic) bond motifs is 2. The molecule has 1 aromatic carbocycles. The standard InChI is InChI=1S/C16H16NO/c1-12(2)18-16-8-5-6-13-11-17-9-4-3-7-14(17)10-15(13)16/h3-12H,1-2H3/q+1. The Labute approximate surface area is 106 Å². The van der Waals surface area contributed by atoms with Crippen molar-refractivity contribution in [2.75, 3.05) is 0 Å². The average molecular weight is 238 g/mol. The Morgan fingerprint density at radius 3 is 2.78 bits per heavy atom. The lowest BCUT2D eigenvalue weighted by Crippen LogP contribution is -2.19. The van der Waals surface area contributed by atoms with E-state index in [-0.39, 0.29) is 6.10 Å². The molecule has 0 saturated heterocycles. The molecule has 0 spiro atoms. The predicted octanol–water partition coefficient (Wildman–Crippen LogP) is 3.37. The number of hydrogen-bond donors (Lipinski definition) is 0. The highest BCUT2D eigenvalue weighted by Crippen LogP contribution is 2.26. The zero-order chi connectivity index (χ0) is 12.5. The Balaban J connectivity index is 2.29. The Morgan fingerprint density at radius 1 is 1.06 bits per heavy atom. The Kier molecular flexibility index (Phi) is 2.63. The minimum atomic E-state index is 0.190. The van der Waals surface area contributed by atoms with Crippen LogP contribution in [-0.4, -0.2) is 6.10 Å². The molecule has 0 saturated carbocycles. The highest BCUT2D eigenvalue weighted by Gasteiger charge is 2.09. The van der Waals surface area contributed by atoms with Gasteiger partial charge in [-0.1, -0.05) is 6.07 Å². The zero-order valence-electron chi connectivity index (χ0n) is 10.6. The monoisotopic (exact) mass is 238 g/mol. The van der Waals surface area contributed by atoms with E-state index in [1.54, 1.807) is 0 Å². The summed E-state index contributed by atoms with van der Waals surface area (Å²) in [5, 5.41) is 2.36. The van der Waals surface area contributed by atoms with Crippen molar-refractivity contribution >= 4 is 16.3 Å². The van der Waals surface area contributed by atoms with E-state index in [1.807, 2.05) is 24.3 Å². The first-order valence-corrected chi connectivity index (χ1v) is 6.23. The second-order valence-corrected chi connectivity index (χ2v) is 4.73. The first kappa shape index (κ1) is 11.0. The Hall–Kier alpha value is -2.09. The van der Waals surface area contributed by atoms with Crippen LogP contribution in [0.1, 0.15) is 13.8 Å². The zero-order valence-corrected chi connectivity index (χ0v) is 10.6. The topological polar surface area (TPSA) is 13.3 Å². The van der Waals surface area contributed by atoms with E-state index < -0.39 is 0 Å². The van der Waals surface area contributed by atoms with E-state index in [0.717, 1.165) is 11.1 Å². The van der Waals surface area contributed by atoms with Crippen molar-refractivity contribution in [3.63, 3.8) is 0 Å². The molecule has 0 unspecified atom stereocenters. The molecule has 90 valence electrons. The molecule has 0 fully saturated rings. The lowest BCUT2D eigenvalue weighted by Gasteiger charge is -2.11. The van der Waals surface area contributed by atoms with Crippen molar-refractivity contribution in [3.8, 4) is 5.75 Å². The number of ether oxygens (including phenoxy) is 1. The second kappa shape index (κ2) is 4.30. The van der Waals surface area contributed by atoms with E-state index in [2.05, 4.69) is 48.8 Å². The van der Waals surface area contributed by atoms with Gasteiger partial charge in [-0.3, -0.25) is 0 Å². The minimum Gasteiger partial charge on any atom is -0.490 e. The van der Waals surface area contributed by atoms with Crippen LogP contribution in [0.2, 0.25) is 0 Å². The lowest BCUT2D eigenvalue weighted by atomic mass is 10.1. The summed E-state index contributed by atoms with van der Waals surface area (Å²) in [4.78, 5) is 0. The number of benzene rings is 1. The maximum Gasteiger partial charge on any atom is 0.211 e. The smallest absolute Gasteiger partial charge is 0.211 e. The van der Waals surface area contributed by atoms with Gasteiger partial charge in [-0.2, -0.15) is 4.40 Å². The molecule has 0 amide bonds. The highest BCUT2D eigenvalue weighted by molar-refractivity contribution is 5.89. The van der Waals surface area contributed by atoms with Gasteiger partial charge in [-0.25, -0.2) is 0 Å². The van der Waals surface area contributed by atoms with Gasteiger partial charge in [0.15, 0.2) is 12.4 Å². The van der Waals surface area contributed by atoms with Crippen LogP contribution >= 0.6 is 0 Å². The molecule has 3 rings (SSSR count). The molecule has 2 aromatic heterocycles. The highest BCUT2D eigenvalue weighted by atomic mass is 16.5. The van der Waals surface area contributed by atoms with Gasteiger partial charge in [0, 0.05) is 29.0 Å². The molecule has 0 aliphatic carbocycles. The first-order valence-electron chi connectivity index (χ1n) is 6.23. The van der Waals surface area contributed by atoms with Crippen molar-refractivity contribution in [2.24, 2.45) is 0 Å². The fourth-order valence-corrected chi connectivity index (χ4v) is 2.19. The summed E-state index contributed by atoms with van der Waals surface area (Å²) in [6.45, 7) is 4.10. The van der Waals surface area contributed by atoms with Crippen molar-refractivity contribution in [1.82, 2.24) is 0 Å². The molecule has 18 heavy (non-hydrogen) atoms. The minimum absolute atomic E-state index is 0.190. The number of aromatic nitrogens is 1. The lowest BCUT2D eigenvalue weighted by molar-refractivity contribution is -0.510. The second-order valence-electron chi connectivity index (χ2n) is 4.73. The van der Waals surface area contributed by atoms with Gasteiger partial charge < -0.3 is 4.74 Å². The van der Waals surface area contributed by atoms with Crippen LogP contribution in [0.3, 0.4) is 0 Å². The van der Waals surface area contributed by atoms with E-state index in [4.69, 9.17) is 4.74 Å². The summed E-state index contributed by atoms with van der Waals surface area (Å²) in [6, 6.07) is 14.5. The van der Waals surface area contributed by atoms with E-state index in [1.165, 1.54) is 10.9 Å². The van der Waals surface area contributed by atoms with Crippen molar-refractivity contribution in [3.05, 3.63) is 54.9 Å². The maximum atomic E-state index is 5.87. The number of nitrogens with zero attached hydrogens (tertiary/aromatic N) is 1. The molecule has 0 aliphatic heterocycles. The third-order valence-corrected chi connectivity index (χ3v) is 2.96. The molecule has 0 aliphatic rings. The molecule has 0 N–H and O–H groups in total. The molecule has 0 radical (unpaired) electrons. The number of hydrogen-bond acceptors (Lipinski definition) is 1. The summed E-state index contributed by atoms with van der Waals surface area (Å²) < 4.78 is 7.99. The largest absolute Gasteiger partial charge is 0.490 e. The Bertz CT molecular complexity index is 704. The van der Waals surface area contributed by atoms with Gasteiger partial charge >= 0.3 is 0 Å². The SMILES string of the molecule is CC(C)Oc1cccc2c[n+]3ccccc3cc12. The van der Waals surface area contributed by atoms with Crippen molar-refractivity contribution in [2.45, 2.75) is 20.0 Å². The van der Waals surface area contributed by atoms with Crippen LogP contribution in [-0.2, 0) is 0 Å². The van der Waals surface area contributed by atoms with Crippen LogP contribution in [0, 0.1) is 0 Å². The van der Waals surface area contributed by atoms with Crippen molar-refractivity contribution in [1.29, 1.82) is 0 Å². The molecule has 3 aromatic rings. The molecular weight excluding hydrogens is 222 g/mol. The van der Waals surface area contributed by atoms with Crippen LogP contribution < -0.4 is 9.14 Å². The van der Waals surface area contributed by atoms with Gasteiger partial charge in [0.25, 0.3) is 0 Å². The predicted molar refractivity (Wildman–Crippen MR) is 72.9 cm³/mol. The summed E-state index contributed by atoms with van der Waals surface area (Å²) in [5.41, 5.74) is 1.17. The van der Waals surface area contributed by atoms with Crippen LogP contribution in [0.5, 0.6) is 5.75 Å². The quantitative estimate of drug-likeness (QED) is 0.493. The fraction of sp³-hybridized carbons (Fsp3) is 0.188. The van der Waals surface area contributed by atoms with E-state index >= 15 is 0 Å². The normalized spacial score (nSPS) is 11.3. The van der Waals surface area contributed by atoms with Gasteiger partial charge in [-0.05, 0) is 32.0 Å². The Morgan fingerprint density at radius 2 is 1.94 bits per heavy atom.